The quantitative estimate of drug-likeness (QED) is 0.363. The Labute approximate surface area is 104 Å². The number of rotatable bonds is 6. The number of carbonyl (C=O) groups is 1. The van der Waals surface area contributed by atoms with Crippen LogP contribution in [0.15, 0.2) is 23.4 Å². The molecule has 0 saturated heterocycles. The highest BCUT2D eigenvalue weighted by atomic mass is 16.1. The summed E-state index contributed by atoms with van der Waals surface area (Å²) in [6.45, 7) is 1.84. The highest BCUT2D eigenvalue weighted by Gasteiger charge is 2.42. The van der Waals surface area contributed by atoms with Gasteiger partial charge in [0, 0.05) is 18.7 Å². The van der Waals surface area contributed by atoms with Crippen LogP contribution in [-0.2, 0) is 4.79 Å². The number of likely N-dealkylation sites (N-methyl/N-ethyl adjacent to an activating group) is 3. The third kappa shape index (κ3) is 2.58. The Morgan fingerprint density at radius 2 is 2.12 bits per heavy atom. The number of hydrogen-bond donors (Lipinski definition) is 3. The topological polar surface area (TPSA) is 53.2 Å². The summed E-state index contributed by atoms with van der Waals surface area (Å²) in [7, 11) is 5.84. The molecule has 0 spiro atoms. The third-order valence-corrected chi connectivity index (χ3v) is 3.61. The molecule has 1 aliphatic rings. The normalized spacial score (nSPS) is 23.4. The Kier molecular flexibility index (Phi) is 4.90. The fraction of sp³-hybridized carbons (Fsp3) is 0.615. The van der Waals surface area contributed by atoms with Crippen molar-refractivity contribution in [1.82, 2.24) is 16.0 Å². The van der Waals surface area contributed by atoms with Crippen molar-refractivity contribution >= 4 is 6.29 Å². The van der Waals surface area contributed by atoms with Gasteiger partial charge in [-0.25, -0.2) is 0 Å². The molecule has 96 valence electrons. The Balaban J connectivity index is 2.84. The number of nitrogens with one attached hydrogen (secondary N) is 3. The van der Waals surface area contributed by atoms with E-state index in [1.165, 1.54) is 5.70 Å². The van der Waals surface area contributed by atoms with Gasteiger partial charge in [0.1, 0.15) is 11.9 Å². The second kappa shape index (κ2) is 5.98. The molecule has 0 aromatic heterocycles. The van der Waals surface area contributed by atoms with Gasteiger partial charge in [0.25, 0.3) is 0 Å². The van der Waals surface area contributed by atoms with Crippen molar-refractivity contribution < 1.29 is 4.79 Å². The molecule has 0 aliphatic heterocycles. The maximum absolute atomic E-state index is 10.6. The summed E-state index contributed by atoms with van der Waals surface area (Å²) in [6, 6.07) is 0. The van der Waals surface area contributed by atoms with Crippen molar-refractivity contribution in [3.05, 3.63) is 23.4 Å². The molecule has 4 nitrogen and oxygen atoms in total. The van der Waals surface area contributed by atoms with E-state index in [9.17, 15) is 4.79 Å². The van der Waals surface area contributed by atoms with E-state index in [4.69, 9.17) is 0 Å². The second-order valence-electron chi connectivity index (χ2n) is 4.41. The average Bonchev–Trinajstić information content (AvgIpc) is 2.73. The van der Waals surface area contributed by atoms with Crippen LogP contribution in [-0.4, -0.2) is 33.1 Å². The number of carbonyl (C=O) groups excluding carboxylic acids is 1. The van der Waals surface area contributed by atoms with Crippen LogP contribution in [0.3, 0.4) is 0 Å². The molecular weight excluding hydrogens is 214 g/mol. The van der Waals surface area contributed by atoms with Crippen LogP contribution in [0.5, 0.6) is 0 Å². The lowest BCUT2D eigenvalue weighted by Gasteiger charge is -2.37. The minimum Gasteiger partial charge on any atom is -0.389 e. The van der Waals surface area contributed by atoms with Crippen LogP contribution in [0.1, 0.15) is 19.8 Å². The van der Waals surface area contributed by atoms with E-state index in [2.05, 4.69) is 22.0 Å². The predicted octanol–water partition coefficient (Wildman–Crippen LogP) is 0.780. The lowest BCUT2D eigenvalue weighted by atomic mass is 9.90. The van der Waals surface area contributed by atoms with Gasteiger partial charge in [-0.15, -0.1) is 0 Å². The van der Waals surface area contributed by atoms with Crippen LogP contribution >= 0.6 is 0 Å². The average molecular weight is 237 g/mol. The second-order valence-corrected chi connectivity index (χ2v) is 4.41. The summed E-state index contributed by atoms with van der Waals surface area (Å²) < 4.78 is 0. The van der Waals surface area contributed by atoms with Gasteiger partial charge in [-0.3, -0.25) is 15.4 Å². The van der Waals surface area contributed by atoms with Crippen LogP contribution in [0, 0.1) is 5.92 Å². The molecular formula is C13H23N3O. The third-order valence-electron chi connectivity index (χ3n) is 3.61. The predicted molar refractivity (Wildman–Crippen MR) is 70.5 cm³/mol. The first-order valence-corrected chi connectivity index (χ1v) is 6.02. The maximum Gasteiger partial charge on any atom is 0.145 e. The molecule has 0 saturated carbocycles. The molecule has 1 rings (SSSR count). The molecule has 0 aromatic rings. The Hall–Kier alpha value is -1.13. The van der Waals surface area contributed by atoms with Crippen LogP contribution in [0.2, 0.25) is 0 Å². The first kappa shape index (κ1) is 13.9. The summed E-state index contributed by atoms with van der Waals surface area (Å²) in [5.41, 5.74) is 1.75. The molecule has 0 fully saturated rings. The van der Waals surface area contributed by atoms with E-state index in [0.717, 1.165) is 24.7 Å². The largest absolute Gasteiger partial charge is 0.389 e. The monoisotopic (exact) mass is 237 g/mol. The Morgan fingerprint density at radius 3 is 2.59 bits per heavy atom. The highest BCUT2D eigenvalue weighted by Crippen LogP contribution is 2.34. The van der Waals surface area contributed by atoms with Gasteiger partial charge in [-0.05, 0) is 39.4 Å². The molecule has 4 heteroatoms. The van der Waals surface area contributed by atoms with Crippen LogP contribution < -0.4 is 16.0 Å². The maximum atomic E-state index is 10.6. The van der Waals surface area contributed by atoms with Crippen molar-refractivity contribution in [3.8, 4) is 0 Å². The molecule has 0 bridgehead atoms. The Morgan fingerprint density at radius 1 is 1.47 bits per heavy atom. The zero-order valence-corrected chi connectivity index (χ0v) is 11.1. The van der Waals surface area contributed by atoms with E-state index in [0.29, 0.717) is 5.92 Å². The van der Waals surface area contributed by atoms with Gasteiger partial charge in [0.2, 0.25) is 0 Å². The molecule has 0 heterocycles. The summed E-state index contributed by atoms with van der Waals surface area (Å²) in [5, 5.41) is 9.96. The van der Waals surface area contributed by atoms with Crippen molar-refractivity contribution in [3.63, 3.8) is 0 Å². The summed E-state index contributed by atoms with van der Waals surface area (Å²) in [4.78, 5) is 10.6. The smallest absolute Gasteiger partial charge is 0.145 e. The first-order valence-electron chi connectivity index (χ1n) is 6.02. The summed E-state index contributed by atoms with van der Waals surface area (Å²) in [6.07, 6.45) is 7.01. The van der Waals surface area contributed by atoms with Crippen molar-refractivity contribution in [2.75, 3.05) is 21.1 Å². The summed E-state index contributed by atoms with van der Waals surface area (Å²) >= 11 is 0. The van der Waals surface area contributed by atoms with Gasteiger partial charge in [-0.1, -0.05) is 12.2 Å². The van der Waals surface area contributed by atoms with E-state index >= 15 is 0 Å². The molecule has 1 atom stereocenters. The minimum atomic E-state index is -0.214. The van der Waals surface area contributed by atoms with Gasteiger partial charge >= 0.3 is 0 Å². The fourth-order valence-electron chi connectivity index (χ4n) is 2.57. The number of aldehydes is 1. The lowest BCUT2D eigenvalue weighted by molar-refractivity contribution is -0.104. The van der Waals surface area contributed by atoms with E-state index in [1.54, 1.807) is 0 Å². The van der Waals surface area contributed by atoms with E-state index in [1.807, 2.05) is 34.1 Å². The van der Waals surface area contributed by atoms with Crippen molar-refractivity contribution in [1.29, 1.82) is 0 Å². The zero-order valence-electron chi connectivity index (χ0n) is 11.1. The highest BCUT2D eigenvalue weighted by molar-refractivity contribution is 5.71. The zero-order chi connectivity index (χ0) is 12.9. The fourth-order valence-corrected chi connectivity index (χ4v) is 2.57. The van der Waals surface area contributed by atoms with Crippen molar-refractivity contribution in [2.24, 2.45) is 5.92 Å². The molecule has 0 amide bonds. The Bertz CT molecular complexity index is 330. The van der Waals surface area contributed by atoms with Gasteiger partial charge in [0.15, 0.2) is 0 Å². The van der Waals surface area contributed by atoms with Crippen molar-refractivity contribution in [2.45, 2.75) is 25.4 Å². The van der Waals surface area contributed by atoms with Crippen LogP contribution in [0.4, 0.5) is 0 Å². The van der Waals surface area contributed by atoms with Gasteiger partial charge in [-0.2, -0.15) is 0 Å². The first-order chi connectivity index (χ1) is 8.14. The van der Waals surface area contributed by atoms with Crippen LogP contribution in [0.25, 0.3) is 0 Å². The van der Waals surface area contributed by atoms with Gasteiger partial charge < -0.3 is 5.32 Å². The molecule has 1 aliphatic carbocycles. The number of hydrogen-bond acceptors (Lipinski definition) is 4. The minimum absolute atomic E-state index is 0.214. The molecule has 1 unspecified atom stereocenters. The molecule has 3 N–H and O–H groups in total. The van der Waals surface area contributed by atoms with E-state index in [-0.39, 0.29) is 5.66 Å². The lowest BCUT2D eigenvalue weighted by Crippen LogP contribution is -2.60. The molecule has 0 aromatic carbocycles. The summed E-state index contributed by atoms with van der Waals surface area (Å²) in [5.74, 6) is 0.412. The number of allylic oxidation sites excluding steroid dienone is 3. The molecule has 17 heavy (non-hydrogen) atoms. The SMILES string of the molecule is CNC1=CCC(CC=C(C)C=O)C1(NC)NC. The van der Waals surface area contributed by atoms with E-state index < -0.39 is 0 Å². The molecule has 0 radical (unpaired) electrons. The standard InChI is InChI=1S/C13H23N3O/c1-10(9-17)5-6-11-7-8-12(14-2)13(11,15-3)16-4/h5,8-9,11,14-16H,6-7H2,1-4H3. The van der Waals surface area contributed by atoms with Gasteiger partial charge in [0.05, 0.1) is 0 Å².